The van der Waals surface area contributed by atoms with Crippen molar-refractivity contribution in [2.45, 2.75) is 58.0 Å². The van der Waals surface area contributed by atoms with E-state index < -0.39 is 0 Å². The molecule has 1 aliphatic carbocycles. The molecule has 0 aromatic heterocycles. The summed E-state index contributed by atoms with van der Waals surface area (Å²) in [6, 6.07) is 6.61. The fraction of sp³-hybridized carbons (Fsp3) is 0.600. The third-order valence-electron chi connectivity index (χ3n) is 3.64. The number of nitrogens with one attached hydrogen (secondary N) is 1. The first-order valence-corrected chi connectivity index (χ1v) is 6.66. The van der Waals surface area contributed by atoms with Crippen LogP contribution in [0.5, 0.6) is 0 Å². The molecule has 1 aromatic carbocycles. The highest BCUT2D eigenvalue weighted by atomic mass is 19.1. The van der Waals surface area contributed by atoms with Gasteiger partial charge in [-0.05, 0) is 50.3 Å². The third kappa shape index (κ3) is 3.53. The molecule has 1 aliphatic rings. The third-order valence-corrected chi connectivity index (χ3v) is 3.64. The van der Waals surface area contributed by atoms with Crippen molar-refractivity contribution in [1.29, 1.82) is 0 Å². The van der Waals surface area contributed by atoms with Gasteiger partial charge in [-0.25, -0.2) is 4.39 Å². The summed E-state index contributed by atoms with van der Waals surface area (Å²) in [5.74, 6) is -0.106. The number of hydrogen-bond acceptors (Lipinski definition) is 1. The highest BCUT2D eigenvalue weighted by Gasteiger charge is 2.16. The zero-order valence-corrected chi connectivity index (χ0v) is 10.8. The predicted molar refractivity (Wildman–Crippen MR) is 69.7 cm³/mol. The topological polar surface area (TPSA) is 12.0 Å². The first-order chi connectivity index (χ1) is 8.15. The maximum atomic E-state index is 13.1. The Morgan fingerprint density at radius 3 is 2.71 bits per heavy atom. The number of aryl methyl sites for hydroxylation is 1. The van der Waals surface area contributed by atoms with Gasteiger partial charge in [0.1, 0.15) is 5.82 Å². The summed E-state index contributed by atoms with van der Waals surface area (Å²) >= 11 is 0. The molecule has 1 fully saturated rings. The number of hydrogen-bond donors (Lipinski definition) is 1. The van der Waals surface area contributed by atoms with Crippen LogP contribution in [0.25, 0.3) is 0 Å². The van der Waals surface area contributed by atoms with Crippen LogP contribution >= 0.6 is 0 Å². The lowest BCUT2D eigenvalue weighted by Crippen LogP contribution is -2.35. The fourth-order valence-corrected chi connectivity index (χ4v) is 2.74. The number of halogens is 1. The molecule has 0 heterocycles. The van der Waals surface area contributed by atoms with Crippen molar-refractivity contribution in [1.82, 2.24) is 5.32 Å². The van der Waals surface area contributed by atoms with Gasteiger partial charge in [-0.1, -0.05) is 25.0 Å². The van der Waals surface area contributed by atoms with Crippen LogP contribution in [0, 0.1) is 12.7 Å². The molecule has 1 nitrogen and oxygen atoms in total. The molecule has 0 radical (unpaired) electrons. The molecule has 0 aliphatic heterocycles. The second kappa shape index (κ2) is 5.63. The normalized spacial score (nSPS) is 18.5. The quantitative estimate of drug-likeness (QED) is 0.841. The molecule has 1 atom stereocenters. The van der Waals surface area contributed by atoms with Crippen molar-refractivity contribution in [3.63, 3.8) is 0 Å². The Kier molecular flexibility index (Phi) is 4.16. The van der Waals surface area contributed by atoms with Crippen LogP contribution in [0.1, 0.15) is 43.7 Å². The van der Waals surface area contributed by atoms with Crippen LogP contribution in [0.4, 0.5) is 4.39 Å². The van der Waals surface area contributed by atoms with Crippen molar-refractivity contribution in [3.8, 4) is 0 Å². The van der Waals surface area contributed by atoms with Gasteiger partial charge in [0.15, 0.2) is 0 Å². The van der Waals surface area contributed by atoms with Gasteiger partial charge < -0.3 is 5.32 Å². The minimum absolute atomic E-state index is 0.106. The smallest absolute Gasteiger partial charge is 0.126 e. The first kappa shape index (κ1) is 12.6. The van der Waals surface area contributed by atoms with Gasteiger partial charge >= 0.3 is 0 Å². The Hall–Kier alpha value is -0.890. The lowest BCUT2D eigenvalue weighted by atomic mass is 10.0. The second-order valence-electron chi connectivity index (χ2n) is 5.34. The monoisotopic (exact) mass is 235 g/mol. The molecule has 1 aromatic rings. The van der Waals surface area contributed by atoms with E-state index in [1.807, 2.05) is 19.1 Å². The molecular formula is C15H22FN. The van der Waals surface area contributed by atoms with Crippen LogP contribution in [-0.4, -0.2) is 12.1 Å². The van der Waals surface area contributed by atoms with Crippen molar-refractivity contribution in [2.75, 3.05) is 0 Å². The Morgan fingerprint density at radius 2 is 2.06 bits per heavy atom. The zero-order valence-electron chi connectivity index (χ0n) is 10.8. The zero-order chi connectivity index (χ0) is 12.3. The van der Waals surface area contributed by atoms with Crippen LogP contribution in [0.2, 0.25) is 0 Å². The number of rotatable bonds is 4. The van der Waals surface area contributed by atoms with E-state index in [9.17, 15) is 4.39 Å². The van der Waals surface area contributed by atoms with Gasteiger partial charge in [0.05, 0.1) is 0 Å². The average Bonchev–Trinajstić information content (AvgIpc) is 2.76. The van der Waals surface area contributed by atoms with E-state index in [-0.39, 0.29) is 5.82 Å². The summed E-state index contributed by atoms with van der Waals surface area (Å²) in [4.78, 5) is 0. The van der Waals surface area contributed by atoms with Crippen molar-refractivity contribution >= 4 is 0 Å². The largest absolute Gasteiger partial charge is 0.311 e. The number of benzene rings is 1. The van der Waals surface area contributed by atoms with Crippen LogP contribution in [0.3, 0.4) is 0 Å². The molecule has 2 heteroatoms. The Labute approximate surface area is 103 Å². The maximum absolute atomic E-state index is 13.1. The van der Waals surface area contributed by atoms with Crippen LogP contribution in [0.15, 0.2) is 18.2 Å². The van der Waals surface area contributed by atoms with E-state index in [0.717, 1.165) is 12.0 Å². The standard InChI is InChI=1S/C15H22FN/c1-11-9-13(7-8-15(11)16)10-12(2)17-14-5-3-4-6-14/h7-9,12,14,17H,3-6,10H2,1-2H3. The summed E-state index contributed by atoms with van der Waals surface area (Å²) in [5, 5.41) is 3.67. The van der Waals surface area contributed by atoms with Gasteiger partial charge in [-0.2, -0.15) is 0 Å². The van der Waals surface area contributed by atoms with Crippen molar-refractivity contribution < 1.29 is 4.39 Å². The molecule has 2 rings (SSSR count). The Morgan fingerprint density at radius 1 is 1.35 bits per heavy atom. The molecule has 0 spiro atoms. The SMILES string of the molecule is Cc1cc(CC(C)NC2CCCC2)ccc1F. The molecule has 1 N–H and O–H groups in total. The van der Waals surface area contributed by atoms with E-state index in [1.54, 1.807) is 6.07 Å². The Balaban J connectivity index is 1.88. The van der Waals surface area contributed by atoms with Crippen molar-refractivity contribution in [2.24, 2.45) is 0 Å². The minimum Gasteiger partial charge on any atom is -0.311 e. The first-order valence-electron chi connectivity index (χ1n) is 6.66. The van der Waals surface area contributed by atoms with Gasteiger partial charge in [-0.15, -0.1) is 0 Å². The summed E-state index contributed by atoms with van der Waals surface area (Å²) in [7, 11) is 0. The molecule has 94 valence electrons. The molecule has 17 heavy (non-hydrogen) atoms. The molecule has 1 saturated carbocycles. The highest BCUT2D eigenvalue weighted by molar-refractivity contribution is 5.24. The van der Waals surface area contributed by atoms with E-state index in [4.69, 9.17) is 0 Å². The fourth-order valence-electron chi connectivity index (χ4n) is 2.74. The summed E-state index contributed by atoms with van der Waals surface area (Å²) in [6.45, 7) is 4.05. The van der Waals surface area contributed by atoms with E-state index in [1.165, 1.54) is 31.2 Å². The van der Waals surface area contributed by atoms with Gasteiger partial charge in [0.25, 0.3) is 0 Å². The van der Waals surface area contributed by atoms with Gasteiger partial charge in [-0.3, -0.25) is 0 Å². The lowest BCUT2D eigenvalue weighted by molar-refractivity contribution is 0.448. The minimum atomic E-state index is -0.106. The van der Waals surface area contributed by atoms with Gasteiger partial charge in [0.2, 0.25) is 0 Å². The summed E-state index contributed by atoms with van der Waals surface area (Å²) < 4.78 is 13.1. The summed E-state index contributed by atoms with van der Waals surface area (Å²) in [5.41, 5.74) is 1.97. The van der Waals surface area contributed by atoms with Crippen molar-refractivity contribution in [3.05, 3.63) is 35.1 Å². The second-order valence-corrected chi connectivity index (χ2v) is 5.34. The summed E-state index contributed by atoms with van der Waals surface area (Å²) in [6.07, 6.45) is 6.33. The van der Waals surface area contributed by atoms with E-state index in [2.05, 4.69) is 12.2 Å². The Bertz CT molecular complexity index is 369. The molecule has 0 saturated heterocycles. The lowest BCUT2D eigenvalue weighted by Gasteiger charge is -2.19. The van der Waals surface area contributed by atoms with E-state index in [0.29, 0.717) is 12.1 Å². The molecule has 0 bridgehead atoms. The van der Waals surface area contributed by atoms with Crippen LogP contribution in [-0.2, 0) is 6.42 Å². The highest BCUT2D eigenvalue weighted by Crippen LogP contribution is 2.19. The van der Waals surface area contributed by atoms with Crippen LogP contribution < -0.4 is 5.32 Å². The predicted octanol–water partition coefficient (Wildman–Crippen LogP) is 3.60. The molecular weight excluding hydrogens is 213 g/mol. The average molecular weight is 235 g/mol. The molecule has 0 amide bonds. The van der Waals surface area contributed by atoms with Gasteiger partial charge in [0, 0.05) is 12.1 Å². The molecule has 1 unspecified atom stereocenters. The van der Waals surface area contributed by atoms with E-state index >= 15 is 0 Å². The maximum Gasteiger partial charge on any atom is 0.126 e.